The van der Waals surface area contributed by atoms with Crippen molar-refractivity contribution >= 4 is 23.2 Å². The lowest BCUT2D eigenvalue weighted by atomic mass is 10.3. The van der Waals surface area contributed by atoms with Crippen LogP contribution in [0.2, 0.25) is 5.02 Å². The molecule has 5 nitrogen and oxygen atoms in total. The van der Waals surface area contributed by atoms with Gasteiger partial charge in [-0.25, -0.2) is 15.0 Å². The molecule has 0 atom stereocenters. The highest BCUT2D eigenvalue weighted by atomic mass is 35.5. The molecule has 2 aromatic heterocycles. The predicted octanol–water partition coefficient (Wildman–Crippen LogP) is 2.73. The zero-order chi connectivity index (χ0) is 14.9. The van der Waals surface area contributed by atoms with Gasteiger partial charge in [-0.3, -0.25) is 0 Å². The third kappa shape index (κ3) is 2.86. The topological polar surface area (TPSA) is 45.2 Å². The average molecular weight is 316 g/mol. The van der Waals surface area contributed by atoms with Crippen molar-refractivity contribution < 1.29 is 0 Å². The van der Waals surface area contributed by atoms with Crippen LogP contribution in [0.25, 0.3) is 0 Å². The quantitative estimate of drug-likeness (QED) is 0.871. The summed E-state index contributed by atoms with van der Waals surface area (Å²) < 4.78 is 0. The lowest BCUT2D eigenvalue weighted by Crippen LogP contribution is -2.47. The molecule has 2 aliphatic rings. The van der Waals surface area contributed by atoms with Crippen LogP contribution in [0.5, 0.6) is 0 Å². The minimum Gasteiger partial charge on any atom is -0.353 e. The molecule has 1 saturated heterocycles. The lowest BCUT2D eigenvalue weighted by Gasteiger charge is -2.36. The summed E-state index contributed by atoms with van der Waals surface area (Å²) in [5.74, 6) is 3.66. The van der Waals surface area contributed by atoms with Gasteiger partial charge in [0.15, 0.2) is 0 Å². The SMILES string of the molecule is Clc1ccc(N2CCN(c3ccnc(C4CC4)n3)CC2)nc1. The summed E-state index contributed by atoms with van der Waals surface area (Å²) in [5, 5.41) is 0.677. The average Bonchev–Trinajstić information content (AvgIpc) is 3.41. The molecule has 3 heterocycles. The molecule has 2 aromatic rings. The Bertz CT molecular complexity index is 648. The normalized spacial score (nSPS) is 18.6. The minimum absolute atomic E-state index is 0.597. The molecular formula is C16H18ClN5. The van der Waals surface area contributed by atoms with Gasteiger partial charge in [0.1, 0.15) is 17.5 Å². The van der Waals surface area contributed by atoms with E-state index in [9.17, 15) is 0 Å². The van der Waals surface area contributed by atoms with E-state index in [1.165, 1.54) is 12.8 Å². The van der Waals surface area contributed by atoms with Gasteiger partial charge in [0.05, 0.1) is 5.02 Å². The van der Waals surface area contributed by atoms with Crippen LogP contribution in [0.15, 0.2) is 30.6 Å². The Morgan fingerprint density at radius 1 is 0.909 bits per heavy atom. The zero-order valence-electron chi connectivity index (χ0n) is 12.3. The van der Waals surface area contributed by atoms with Gasteiger partial charge in [-0.15, -0.1) is 0 Å². The molecule has 1 aliphatic carbocycles. The van der Waals surface area contributed by atoms with E-state index in [-0.39, 0.29) is 0 Å². The Morgan fingerprint density at radius 2 is 1.64 bits per heavy atom. The van der Waals surface area contributed by atoms with E-state index in [0.29, 0.717) is 10.9 Å². The summed E-state index contributed by atoms with van der Waals surface area (Å²) in [6.45, 7) is 3.78. The Balaban J connectivity index is 1.43. The van der Waals surface area contributed by atoms with Crippen LogP contribution in [0, 0.1) is 0 Å². The summed E-state index contributed by atoms with van der Waals surface area (Å²) in [6.07, 6.45) is 6.07. The number of nitrogens with zero attached hydrogens (tertiary/aromatic N) is 5. The van der Waals surface area contributed by atoms with Crippen LogP contribution >= 0.6 is 11.6 Å². The van der Waals surface area contributed by atoms with Crippen molar-refractivity contribution in [2.75, 3.05) is 36.0 Å². The third-order valence-electron chi connectivity index (χ3n) is 4.24. The Labute approximate surface area is 135 Å². The highest BCUT2D eigenvalue weighted by Gasteiger charge is 2.27. The van der Waals surface area contributed by atoms with Gasteiger partial charge >= 0.3 is 0 Å². The first kappa shape index (κ1) is 13.8. The number of aromatic nitrogens is 3. The van der Waals surface area contributed by atoms with Gasteiger partial charge < -0.3 is 9.80 Å². The van der Waals surface area contributed by atoms with Gasteiger partial charge in [0.2, 0.25) is 0 Å². The molecule has 2 fully saturated rings. The van der Waals surface area contributed by atoms with Crippen molar-refractivity contribution in [3.8, 4) is 0 Å². The van der Waals surface area contributed by atoms with Gasteiger partial charge in [-0.2, -0.15) is 0 Å². The lowest BCUT2D eigenvalue weighted by molar-refractivity contribution is 0.639. The van der Waals surface area contributed by atoms with Crippen LogP contribution in [0.3, 0.4) is 0 Å². The summed E-state index contributed by atoms with van der Waals surface area (Å²) in [4.78, 5) is 18.1. The molecule has 1 saturated carbocycles. The van der Waals surface area contributed by atoms with Crippen molar-refractivity contribution in [3.63, 3.8) is 0 Å². The molecule has 0 aromatic carbocycles. The number of hydrogen-bond acceptors (Lipinski definition) is 5. The first-order chi connectivity index (χ1) is 10.8. The van der Waals surface area contributed by atoms with Crippen LogP contribution in [0.4, 0.5) is 11.6 Å². The van der Waals surface area contributed by atoms with E-state index in [2.05, 4.69) is 19.8 Å². The highest BCUT2D eigenvalue weighted by molar-refractivity contribution is 6.30. The maximum absolute atomic E-state index is 5.90. The Kier molecular flexibility index (Phi) is 3.58. The third-order valence-corrected chi connectivity index (χ3v) is 4.47. The van der Waals surface area contributed by atoms with E-state index >= 15 is 0 Å². The molecule has 0 unspecified atom stereocenters. The monoisotopic (exact) mass is 315 g/mol. The second-order valence-corrected chi connectivity index (χ2v) is 6.29. The molecule has 4 rings (SSSR count). The molecule has 0 bridgehead atoms. The minimum atomic E-state index is 0.597. The van der Waals surface area contributed by atoms with Crippen LogP contribution in [-0.2, 0) is 0 Å². The van der Waals surface area contributed by atoms with E-state index in [4.69, 9.17) is 16.6 Å². The summed E-state index contributed by atoms with van der Waals surface area (Å²) in [7, 11) is 0. The fourth-order valence-electron chi connectivity index (χ4n) is 2.80. The Hall–Kier alpha value is -1.88. The zero-order valence-corrected chi connectivity index (χ0v) is 13.1. The highest BCUT2D eigenvalue weighted by Crippen LogP contribution is 2.38. The molecule has 0 N–H and O–H groups in total. The molecule has 6 heteroatoms. The fraction of sp³-hybridized carbons (Fsp3) is 0.438. The molecule has 0 radical (unpaired) electrons. The first-order valence-electron chi connectivity index (χ1n) is 7.74. The maximum Gasteiger partial charge on any atom is 0.133 e. The molecule has 0 spiro atoms. The van der Waals surface area contributed by atoms with Crippen LogP contribution in [-0.4, -0.2) is 41.1 Å². The number of anilines is 2. The molecular weight excluding hydrogens is 298 g/mol. The van der Waals surface area contributed by atoms with Gasteiger partial charge in [-0.1, -0.05) is 11.6 Å². The van der Waals surface area contributed by atoms with Crippen LogP contribution < -0.4 is 9.80 Å². The van der Waals surface area contributed by atoms with Crippen LogP contribution in [0.1, 0.15) is 24.6 Å². The molecule has 114 valence electrons. The van der Waals surface area contributed by atoms with E-state index in [0.717, 1.165) is 43.6 Å². The largest absolute Gasteiger partial charge is 0.353 e. The number of rotatable bonds is 3. The van der Waals surface area contributed by atoms with E-state index < -0.39 is 0 Å². The summed E-state index contributed by atoms with van der Waals surface area (Å²) >= 11 is 5.90. The second-order valence-electron chi connectivity index (χ2n) is 5.86. The van der Waals surface area contributed by atoms with Gasteiger partial charge in [0.25, 0.3) is 0 Å². The van der Waals surface area contributed by atoms with E-state index in [1.54, 1.807) is 6.20 Å². The number of hydrogen-bond donors (Lipinski definition) is 0. The molecule has 0 amide bonds. The first-order valence-corrected chi connectivity index (χ1v) is 8.12. The van der Waals surface area contributed by atoms with Crippen molar-refractivity contribution in [2.24, 2.45) is 0 Å². The smallest absolute Gasteiger partial charge is 0.133 e. The standard InChI is InChI=1S/C16H18ClN5/c17-13-3-4-14(19-11-13)21-7-9-22(10-8-21)15-5-6-18-16(20-15)12-1-2-12/h3-6,11-12H,1-2,7-10H2. The number of piperazine rings is 1. The van der Waals surface area contributed by atoms with Crippen molar-refractivity contribution in [3.05, 3.63) is 41.4 Å². The second kappa shape index (κ2) is 5.72. The van der Waals surface area contributed by atoms with Crippen molar-refractivity contribution in [1.82, 2.24) is 15.0 Å². The van der Waals surface area contributed by atoms with Crippen molar-refractivity contribution in [2.45, 2.75) is 18.8 Å². The molecule has 1 aliphatic heterocycles. The van der Waals surface area contributed by atoms with E-state index in [1.807, 2.05) is 24.4 Å². The van der Waals surface area contributed by atoms with Crippen molar-refractivity contribution in [1.29, 1.82) is 0 Å². The van der Waals surface area contributed by atoms with Gasteiger partial charge in [-0.05, 0) is 31.0 Å². The van der Waals surface area contributed by atoms with Gasteiger partial charge in [0, 0.05) is 44.5 Å². The summed E-state index contributed by atoms with van der Waals surface area (Å²) in [6, 6.07) is 5.89. The molecule has 22 heavy (non-hydrogen) atoms. The Morgan fingerprint density at radius 3 is 2.27 bits per heavy atom. The fourth-order valence-corrected chi connectivity index (χ4v) is 2.91. The summed E-state index contributed by atoms with van der Waals surface area (Å²) in [5.41, 5.74) is 0. The predicted molar refractivity (Wildman–Crippen MR) is 87.7 cm³/mol. The maximum atomic E-state index is 5.90. The number of halogens is 1. The number of pyridine rings is 1.